The van der Waals surface area contributed by atoms with Gasteiger partial charge < -0.3 is 5.73 Å². The molecule has 1 aromatic rings. The van der Waals surface area contributed by atoms with Gasteiger partial charge in [-0.05, 0) is 38.3 Å². The fourth-order valence-electron chi connectivity index (χ4n) is 2.83. The Kier molecular flexibility index (Phi) is 4.92. The Morgan fingerprint density at radius 2 is 2.14 bits per heavy atom. The fraction of sp³-hybridized carbons (Fsp3) is 0.500. The van der Waals surface area contributed by atoms with Gasteiger partial charge in [0.15, 0.2) is 0 Å². The standard InChI is InChI=1S/C14H19ClN2O2S2/c1-3-11-6-4-9(2)17(11)21(18,19)13-8-10(14(16)20)5-7-12(13)15/h5,7-9,11H,3-4,6H2,1-2H3,(H2,16,20). The van der Waals surface area contributed by atoms with Crippen LogP contribution in [0.4, 0.5) is 0 Å². The molecule has 1 heterocycles. The monoisotopic (exact) mass is 346 g/mol. The van der Waals surface area contributed by atoms with Gasteiger partial charge in [0.1, 0.15) is 9.88 Å². The lowest BCUT2D eigenvalue weighted by Gasteiger charge is -2.27. The molecule has 7 heteroatoms. The van der Waals surface area contributed by atoms with E-state index in [1.807, 2.05) is 13.8 Å². The highest BCUT2D eigenvalue weighted by Gasteiger charge is 2.40. The number of nitrogens with two attached hydrogens (primary N) is 1. The van der Waals surface area contributed by atoms with E-state index in [-0.39, 0.29) is 27.0 Å². The highest BCUT2D eigenvalue weighted by Crippen LogP contribution is 2.35. The smallest absolute Gasteiger partial charge is 0.245 e. The van der Waals surface area contributed by atoms with Gasteiger partial charge in [0, 0.05) is 17.6 Å². The molecule has 1 aliphatic rings. The Hall–Kier alpha value is -0.690. The van der Waals surface area contributed by atoms with Crippen LogP contribution in [-0.2, 0) is 10.0 Å². The van der Waals surface area contributed by atoms with Gasteiger partial charge in [-0.2, -0.15) is 4.31 Å². The van der Waals surface area contributed by atoms with Crippen molar-refractivity contribution in [2.45, 2.75) is 50.1 Å². The molecule has 116 valence electrons. The number of benzene rings is 1. The minimum atomic E-state index is -3.65. The van der Waals surface area contributed by atoms with Crippen molar-refractivity contribution in [1.29, 1.82) is 0 Å². The highest BCUT2D eigenvalue weighted by atomic mass is 35.5. The van der Waals surface area contributed by atoms with Gasteiger partial charge in [0.05, 0.1) is 5.02 Å². The summed E-state index contributed by atoms with van der Waals surface area (Å²) in [5.74, 6) is 0. The average Bonchev–Trinajstić information content (AvgIpc) is 2.80. The lowest BCUT2D eigenvalue weighted by atomic mass is 10.2. The maximum Gasteiger partial charge on any atom is 0.245 e. The van der Waals surface area contributed by atoms with Crippen LogP contribution in [0.5, 0.6) is 0 Å². The zero-order chi connectivity index (χ0) is 15.8. The Morgan fingerprint density at radius 3 is 2.71 bits per heavy atom. The third kappa shape index (κ3) is 3.08. The van der Waals surface area contributed by atoms with E-state index in [1.165, 1.54) is 12.1 Å². The Balaban J connectivity index is 2.53. The van der Waals surface area contributed by atoms with E-state index in [2.05, 4.69) is 0 Å². The number of thiocarbonyl (C=S) groups is 1. The van der Waals surface area contributed by atoms with Gasteiger partial charge in [-0.3, -0.25) is 0 Å². The quantitative estimate of drug-likeness (QED) is 0.851. The molecule has 2 rings (SSSR count). The second kappa shape index (κ2) is 6.20. The summed E-state index contributed by atoms with van der Waals surface area (Å²) in [7, 11) is -3.65. The minimum Gasteiger partial charge on any atom is -0.389 e. The summed E-state index contributed by atoms with van der Waals surface area (Å²) in [4.78, 5) is 0.242. The predicted molar refractivity (Wildman–Crippen MR) is 89.1 cm³/mol. The van der Waals surface area contributed by atoms with E-state index in [0.29, 0.717) is 5.56 Å². The van der Waals surface area contributed by atoms with E-state index < -0.39 is 10.0 Å². The molecule has 0 radical (unpaired) electrons. The summed E-state index contributed by atoms with van der Waals surface area (Å²) in [6, 6.07) is 4.63. The van der Waals surface area contributed by atoms with E-state index >= 15 is 0 Å². The number of sulfonamides is 1. The molecule has 0 spiro atoms. The highest BCUT2D eigenvalue weighted by molar-refractivity contribution is 7.89. The van der Waals surface area contributed by atoms with Crippen molar-refractivity contribution in [3.05, 3.63) is 28.8 Å². The normalized spacial score (nSPS) is 23.4. The van der Waals surface area contributed by atoms with Crippen LogP contribution in [0.25, 0.3) is 0 Å². The first kappa shape index (κ1) is 16.7. The molecule has 0 aliphatic carbocycles. The van der Waals surface area contributed by atoms with Crippen molar-refractivity contribution in [2.75, 3.05) is 0 Å². The van der Waals surface area contributed by atoms with Crippen molar-refractivity contribution in [3.63, 3.8) is 0 Å². The van der Waals surface area contributed by atoms with E-state index in [9.17, 15) is 8.42 Å². The molecule has 21 heavy (non-hydrogen) atoms. The second-order valence-corrected chi connectivity index (χ2v) is 7.99. The molecule has 2 unspecified atom stereocenters. The summed E-state index contributed by atoms with van der Waals surface area (Å²) in [5.41, 5.74) is 6.10. The van der Waals surface area contributed by atoms with Crippen molar-refractivity contribution in [2.24, 2.45) is 5.73 Å². The molecule has 2 atom stereocenters. The van der Waals surface area contributed by atoms with Crippen molar-refractivity contribution < 1.29 is 8.42 Å². The van der Waals surface area contributed by atoms with E-state index in [1.54, 1.807) is 10.4 Å². The summed E-state index contributed by atoms with van der Waals surface area (Å²) >= 11 is 11.0. The summed E-state index contributed by atoms with van der Waals surface area (Å²) < 4.78 is 27.5. The van der Waals surface area contributed by atoms with E-state index in [4.69, 9.17) is 29.6 Å². The van der Waals surface area contributed by atoms with Crippen molar-refractivity contribution in [3.8, 4) is 0 Å². The third-order valence-corrected chi connectivity index (χ3v) is 6.74. The molecule has 1 aliphatic heterocycles. The molecule has 0 saturated carbocycles. The molecular formula is C14H19ClN2O2S2. The lowest BCUT2D eigenvalue weighted by molar-refractivity contribution is 0.329. The molecule has 1 fully saturated rings. The topological polar surface area (TPSA) is 63.4 Å². The third-order valence-electron chi connectivity index (χ3n) is 3.95. The second-order valence-electron chi connectivity index (χ2n) is 5.33. The van der Waals surface area contributed by atoms with Crippen LogP contribution in [0.15, 0.2) is 23.1 Å². The summed E-state index contributed by atoms with van der Waals surface area (Å²) in [6.07, 6.45) is 2.53. The number of nitrogens with zero attached hydrogens (tertiary/aromatic N) is 1. The Morgan fingerprint density at radius 1 is 1.48 bits per heavy atom. The number of hydrogen-bond acceptors (Lipinski definition) is 3. The van der Waals surface area contributed by atoms with Crippen molar-refractivity contribution >= 4 is 38.8 Å². The molecular weight excluding hydrogens is 328 g/mol. The molecule has 1 aromatic carbocycles. The van der Waals surface area contributed by atoms with Crippen LogP contribution >= 0.6 is 23.8 Å². The SMILES string of the molecule is CCC1CCC(C)N1S(=O)(=O)c1cc(C(N)=S)ccc1Cl. The zero-order valence-corrected chi connectivity index (χ0v) is 14.4. The number of hydrogen-bond donors (Lipinski definition) is 1. The van der Waals surface area contributed by atoms with Gasteiger partial charge >= 0.3 is 0 Å². The Bertz CT molecular complexity index is 661. The maximum atomic E-state index is 13.0. The van der Waals surface area contributed by atoms with Crippen LogP contribution in [0.2, 0.25) is 5.02 Å². The Labute approximate surface area is 136 Å². The van der Waals surface area contributed by atoms with Crippen LogP contribution < -0.4 is 5.73 Å². The van der Waals surface area contributed by atoms with Gasteiger partial charge in [0.25, 0.3) is 0 Å². The fourth-order valence-corrected chi connectivity index (χ4v) is 5.41. The largest absolute Gasteiger partial charge is 0.389 e. The van der Waals surface area contributed by atoms with E-state index in [0.717, 1.165) is 19.3 Å². The van der Waals surface area contributed by atoms with Gasteiger partial charge in [0.2, 0.25) is 10.0 Å². The average molecular weight is 347 g/mol. The van der Waals surface area contributed by atoms with Gasteiger partial charge in [-0.25, -0.2) is 8.42 Å². The molecule has 1 saturated heterocycles. The first-order valence-electron chi connectivity index (χ1n) is 6.92. The maximum absolute atomic E-state index is 13.0. The van der Waals surface area contributed by atoms with Gasteiger partial charge in [-0.1, -0.05) is 36.8 Å². The van der Waals surface area contributed by atoms with Gasteiger partial charge in [-0.15, -0.1) is 0 Å². The number of halogens is 1. The van der Waals surface area contributed by atoms with Crippen LogP contribution in [0.3, 0.4) is 0 Å². The van der Waals surface area contributed by atoms with Crippen molar-refractivity contribution in [1.82, 2.24) is 4.31 Å². The minimum absolute atomic E-state index is 0.0227. The number of rotatable bonds is 4. The molecule has 0 bridgehead atoms. The first-order chi connectivity index (χ1) is 9.78. The molecule has 4 nitrogen and oxygen atoms in total. The van der Waals surface area contributed by atoms with Crippen LogP contribution in [0, 0.1) is 0 Å². The predicted octanol–water partition coefficient (Wildman–Crippen LogP) is 2.93. The first-order valence-corrected chi connectivity index (χ1v) is 9.14. The zero-order valence-electron chi connectivity index (χ0n) is 12.0. The van der Waals surface area contributed by atoms with Crippen LogP contribution in [0.1, 0.15) is 38.7 Å². The molecule has 0 aromatic heterocycles. The summed E-state index contributed by atoms with van der Waals surface area (Å²) in [5, 5.41) is 0.198. The molecule has 2 N–H and O–H groups in total. The van der Waals surface area contributed by atoms with Crippen LogP contribution in [-0.4, -0.2) is 29.8 Å². The summed E-state index contributed by atoms with van der Waals surface area (Å²) in [6.45, 7) is 3.93. The lowest BCUT2D eigenvalue weighted by Crippen LogP contribution is -2.39. The molecule has 0 amide bonds.